The molecule has 2 heterocycles. The van der Waals surface area contributed by atoms with Crippen LogP contribution in [0, 0.1) is 17.1 Å². The van der Waals surface area contributed by atoms with Crippen molar-refractivity contribution in [3.8, 4) is 16.9 Å². The number of nitrogens with one attached hydrogen (secondary N) is 2. The van der Waals surface area contributed by atoms with E-state index in [2.05, 4.69) is 57.4 Å². The van der Waals surface area contributed by atoms with Crippen LogP contribution in [0.15, 0.2) is 85.5 Å². The van der Waals surface area contributed by atoms with Gasteiger partial charge in [-0.1, -0.05) is 36.7 Å². The number of aromatic nitrogens is 3. The summed E-state index contributed by atoms with van der Waals surface area (Å²) in [6, 6.07) is 19.9. The topological polar surface area (TPSA) is 75.8 Å². The van der Waals surface area contributed by atoms with E-state index in [1.807, 2.05) is 12.1 Å². The van der Waals surface area contributed by atoms with E-state index < -0.39 is 0 Å². The van der Waals surface area contributed by atoms with Gasteiger partial charge in [0.05, 0.1) is 10.5 Å². The maximum atomic E-state index is 13.4. The number of fused-ring (bicyclic) bond motifs is 1. The molecule has 6 nitrogen and oxygen atoms in total. The van der Waals surface area contributed by atoms with E-state index >= 15 is 0 Å². The van der Waals surface area contributed by atoms with Crippen LogP contribution in [-0.4, -0.2) is 20.7 Å². The fourth-order valence-corrected chi connectivity index (χ4v) is 4.55. The number of nitrogens with zero attached hydrogens (tertiary/aromatic N) is 3. The van der Waals surface area contributed by atoms with Crippen molar-refractivity contribution in [3.05, 3.63) is 102 Å². The van der Waals surface area contributed by atoms with Crippen LogP contribution in [0.1, 0.15) is 18.9 Å². The number of benzene rings is 3. The third-order valence-corrected chi connectivity index (χ3v) is 6.54. The summed E-state index contributed by atoms with van der Waals surface area (Å²) in [6.07, 6.45) is 7.96. The van der Waals surface area contributed by atoms with Gasteiger partial charge in [0.2, 0.25) is 0 Å². The van der Waals surface area contributed by atoms with E-state index in [4.69, 9.17) is 21.7 Å². The van der Waals surface area contributed by atoms with Gasteiger partial charge in [-0.2, -0.15) is 0 Å². The number of hydrogen-bond donors (Lipinski definition) is 2. The normalized spacial score (nSPS) is 11.9. The molecule has 5 aromatic rings. The molecule has 0 fully saturated rings. The van der Waals surface area contributed by atoms with Crippen LogP contribution >= 0.6 is 11.6 Å². The highest BCUT2D eigenvalue weighted by atomic mass is 35.5. The van der Waals surface area contributed by atoms with Crippen LogP contribution in [0.2, 0.25) is 5.02 Å². The second-order valence-electron chi connectivity index (χ2n) is 9.28. The summed E-state index contributed by atoms with van der Waals surface area (Å²) in [5, 5.41) is 12.0. The molecular weight excluding hydrogens is 501 g/mol. The van der Waals surface area contributed by atoms with Crippen molar-refractivity contribution < 1.29 is 9.13 Å². The fraction of sp³-hybridized carbons (Fsp3) is 0.167. The highest BCUT2D eigenvalue weighted by Crippen LogP contribution is 2.32. The summed E-state index contributed by atoms with van der Waals surface area (Å²) < 4.78 is 21.4. The molecule has 0 aliphatic heterocycles. The molecule has 0 spiro atoms. The van der Waals surface area contributed by atoms with E-state index in [1.165, 1.54) is 24.7 Å². The lowest BCUT2D eigenvalue weighted by atomic mass is 10.1. The molecule has 8 heteroatoms. The molecule has 0 saturated heterocycles. The number of hydrogen-bond acceptors (Lipinski definition) is 5. The molecule has 0 aliphatic carbocycles. The molecule has 5 rings (SSSR count). The Labute approximate surface area is 225 Å². The number of anilines is 2. The quantitative estimate of drug-likeness (QED) is 0.181. The molecule has 3 aromatic carbocycles. The van der Waals surface area contributed by atoms with Crippen LogP contribution < -0.4 is 10.1 Å². The van der Waals surface area contributed by atoms with Crippen molar-refractivity contribution in [1.29, 1.82) is 5.41 Å². The minimum absolute atomic E-state index is 0.215. The van der Waals surface area contributed by atoms with E-state index in [1.54, 1.807) is 24.3 Å². The molecule has 1 atom stereocenters. The average Bonchev–Trinajstić information content (AvgIpc) is 3.37. The number of rotatable bonds is 10. The Morgan fingerprint density at radius 3 is 2.79 bits per heavy atom. The van der Waals surface area contributed by atoms with Crippen LogP contribution in [0.4, 0.5) is 15.9 Å². The van der Waals surface area contributed by atoms with Crippen molar-refractivity contribution in [1.82, 2.24) is 14.5 Å². The zero-order valence-corrected chi connectivity index (χ0v) is 21.6. The van der Waals surface area contributed by atoms with Crippen molar-refractivity contribution in [2.75, 3.05) is 5.32 Å². The van der Waals surface area contributed by atoms with E-state index in [0.29, 0.717) is 22.5 Å². The lowest BCUT2D eigenvalue weighted by molar-refractivity contribution is 0.306. The van der Waals surface area contributed by atoms with Crippen LogP contribution in [0.5, 0.6) is 5.75 Å². The monoisotopic (exact) mass is 527 g/mol. The zero-order chi connectivity index (χ0) is 26.5. The maximum Gasteiger partial charge on any atom is 0.141 e. The fourth-order valence-electron chi connectivity index (χ4n) is 4.32. The molecule has 2 aromatic heterocycles. The molecule has 0 amide bonds. The van der Waals surface area contributed by atoms with E-state index in [0.717, 1.165) is 46.2 Å². The van der Waals surface area contributed by atoms with Gasteiger partial charge in [0.15, 0.2) is 0 Å². The molecule has 0 radical (unpaired) electrons. The average molecular weight is 528 g/mol. The standard InChI is InChI=1S/C30H27ClFN5O/c1-20(9-11-33)16-37-12-10-23(17-37)22-5-7-28-26(14-22)30(35-19-34-28)36-25-6-8-29(27(31)15-25)38-18-21-3-2-4-24(32)13-21/h2-8,10-15,17,19-20,33H,9,16,18H2,1H3,(H,34,35,36)/t20-/m0/s1. The maximum absolute atomic E-state index is 13.4. The summed E-state index contributed by atoms with van der Waals surface area (Å²) in [6.45, 7) is 3.22. The van der Waals surface area contributed by atoms with Crippen LogP contribution in [0.3, 0.4) is 0 Å². The first-order valence-corrected chi connectivity index (χ1v) is 12.7. The van der Waals surface area contributed by atoms with Crippen LogP contribution in [0.25, 0.3) is 22.0 Å². The second kappa shape index (κ2) is 11.4. The molecule has 0 aliphatic rings. The van der Waals surface area contributed by atoms with Crippen molar-refractivity contribution in [2.45, 2.75) is 26.5 Å². The minimum Gasteiger partial charge on any atom is -0.487 e. The SMILES string of the molecule is C[C@@H](CC=N)Cn1ccc(-c2ccc3ncnc(Nc4ccc(OCc5cccc(F)c5)c(Cl)c4)c3c2)c1. The predicted octanol–water partition coefficient (Wildman–Crippen LogP) is 7.89. The Morgan fingerprint density at radius 2 is 1.97 bits per heavy atom. The van der Waals surface area contributed by atoms with Gasteiger partial charge in [0.25, 0.3) is 0 Å². The third-order valence-electron chi connectivity index (χ3n) is 6.24. The lowest BCUT2D eigenvalue weighted by Crippen LogP contribution is -2.05. The van der Waals surface area contributed by atoms with E-state index in [9.17, 15) is 4.39 Å². The minimum atomic E-state index is -0.303. The highest BCUT2D eigenvalue weighted by molar-refractivity contribution is 6.32. The van der Waals surface area contributed by atoms with Gasteiger partial charge in [-0.15, -0.1) is 0 Å². The Hall–Kier alpha value is -4.23. The number of halogens is 2. The Bertz CT molecular complexity index is 1580. The first-order valence-electron chi connectivity index (χ1n) is 12.3. The molecular formula is C30H27ClFN5O. The van der Waals surface area contributed by atoms with Crippen molar-refractivity contribution >= 4 is 40.2 Å². The summed E-state index contributed by atoms with van der Waals surface area (Å²) >= 11 is 6.49. The molecule has 2 N–H and O–H groups in total. The summed E-state index contributed by atoms with van der Waals surface area (Å²) in [7, 11) is 0. The predicted molar refractivity (Wildman–Crippen MR) is 151 cm³/mol. The first kappa shape index (κ1) is 25.4. The molecule has 0 unspecified atom stereocenters. The van der Waals surface area contributed by atoms with Crippen LogP contribution in [-0.2, 0) is 13.2 Å². The smallest absolute Gasteiger partial charge is 0.141 e. The summed E-state index contributed by atoms with van der Waals surface area (Å²) in [5.74, 6) is 1.28. The molecule has 0 saturated carbocycles. The van der Waals surface area contributed by atoms with Gasteiger partial charge in [0.1, 0.15) is 30.3 Å². The van der Waals surface area contributed by atoms with Gasteiger partial charge >= 0.3 is 0 Å². The largest absolute Gasteiger partial charge is 0.487 e. The number of ether oxygens (including phenoxy) is 1. The van der Waals surface area contributed by atoms with Gasteiger partial charge in [-0.25, -0.2) is 14.4 Å². The highest BCUT2D eigenvalue weighted by Gasteiger charge is 2.10. The Morgan fingerprint density at radius 1 is 1.08 bits per heavy atom. The lowest BCUT2D eigenvalue weighted by Gasteiger charge is -2.12. The summed E-state index contributed by atoms with van der Waals surface area (Å²) in [5.41, 5.74) is 4.47. The van der Waals surface area contributed by atoms with Gasteiger partial charge in [-0.05, 0) is 83.8 Å². The third kappa shape index (κ3) is 6.01. The zero-order valence-electron chi connectivity index (χ0n) is 20.9. The molecule has 192 valence electrons. The van der Waals surface area contributed by atoms with Gasteiger partial charge in [-0.3, -0.25) is 0 Å². The second-order valence-corrected chi connectivity index (χ2v) is 9.69. The van der Waals surface area contributed by atoms with Gasteiger partial charge < -0.3 is 20.0 Å². The Kier molecular flexibility index (Phi) is 7.65. The van der Waals surface area contributed by atoms with Gasteiger partial charge in [0, 0.05) is 30.0 Å². The van der Waals surface area contributed by atoms with E-state index in [-0.39, 0.29) is 12.4 Å². The van der Waals surface area contributed by atoms with Crippen molar-refractivity contribution in [2.24, 2.45) is 5.92 Å². The first-order chi connectivity index (χ1) is 18.5. The Balaban J connectivity index is 1.34. The molecule has 38 heavy (non-hydrogen) atoms. The van der Waals surface area contributed by atoms with Crippen molar-refractivity contribution in [3.63, 3.8) is 0 Å². The molecule has 0 bridgehead atoms. The summed E-state index contributed by atoms with van der Waals surface area (Å²) in [4.78, 5) is 8.90.